The minimum atomic E-state index is 0.486. The lowest BCUT2D eigenvalue weighted by atomic mass is 10.0. The van der Waals surface area contributed by atoms with E-state index < -0.39 is 0 Å². The van der Waals surface area contributed by atoms with E-state index in [2.05, 4.69) is 41.3 Å². The van der Waals surface area contributed by atoms with E-state index in [1.807, 2.05) is 6.07 Å². The van der Waals surface area contributed by atoms with Crippen LogP contribution < -0.4 is 0 Å². The molecule has 13 heavy (non-hydrogen) atoms. The summed E-state index contributed by atoms with van der Waals surface area (Å²) in [7, 11) is 0. The van der Waals surface area contributed by atoms with Gasteiger partial charge in [0.1, 0.15) is 11.0 Å². The lowest BCUT2D eigenvalue weighted by Gasteiger charge is -2.05. The van der Waals surface area contributed by atoms with Crippen molar-refractivity contribution in [2.75, 3.05) is 0 Å². The normalized spacial score (nSPS) is 11.4. The molecule has 0 saturated carbocycles. The van der Waals surface area contributed by atoms with Gasteiger partial charge in [0.2, 0.25) is 0 Å². The van der Waals surface area contributed by atoms with Crippen LogP contribution in [0.4, 0.5) is 0 Å². The van der Waals surface area contributed by atoms with E-state index in [0.717, 1.165) is 15.9 Å². The zero-order valence-corrected chi connectivity index (χ0v) is 9.19. The van der Waals surface area contributed by atoms with Gasteiger partial charge in [-0.2, -0.15) is 8.75 Å². The Kier molecular flexibility index (Phi) is 2.26. The third-order valence-electron chi connectivity index (χ3n) is 2.05. The first-order valence-electron chi connectivity index (χ1n) is 4.14. The molecule has 0 aliphatic carbocycles. The molecule has 68 valence electrons. The van der Waals surface area contributed by atoms with Crippen LogP contribution in [0.25, 0.3) is 11.0 Å². The van der Waals surface area contributed by atoms with Crippen LogP contribution in [-0.2, 0) is 0 Å². The van der Waals surface area contributed by atoms with Gasteiger partial charge in [-0.25, -0.2) is 0 Å². The second kappa shape index (κ2) is 3.27. The third kappa shape index (κ3) is 1.44. The minimum Gasteiger partial charge on any atom is -0.173 e. The second-order valence-electron chi connectivity index (χ2n) is 3.29. The third-order valence-corrected chi connectivity index (χ3v) is 2.94. The number of benzene rings is 1. The second-order valence-corrected chi connectivity index (χ2v) is 4.30. The lowest BCUT2D eigenvalue weighted by Crippen LogP contribution is -1.89. The number of fused-ring (bicyclic) bond motifs is 1. The fourth-order valence-electron chi connectivity index (χ4n) is 1.34. The summed E-state index contributed by atoms with van der Waals surface area (Å²) in [6.45, 7) is 4.32. The van der Waals surface area contributed by atoms with Gasteiger partial charge in [-0.3, -0.25) is 0 Å². The van der Waals surface area contributed by atoms with Gasteiger partial charge in [-0.15, -0.1) is 12.6 Å². The van der Waals surface area contributed by atoms with Crippen molar-refractivity contribution in [3.05, 3.63) is 17.7 Å². The molecule has 0 amide bonds. The van der Waals surface area contributed by atoms with E-state index in [0.29, 0.717) is 5.92 Å². The molecule has 0 spiro atoms. The number of aromatic nitrogens is 2. The van der Waals surface area contributed by atoms with E-state index >= 15 is 0 Å². The molecule has 2 rings (SSSR count). The maximum Gasteiger partial charge on any atom is 0.118 e. The Bertz CT molecular complexity index is 434. The molecule has 0 saturated heterocycles. The Balaban J connectivity index is 2.78. The molecule has 0 fully saturated rings. The Hall–Kier alpha value is -0.610. The molecule has 2 aromatic rings. The molecule has 2 nitrogen and oxygen atoms in total. The Morgan fingerprint density at radius 2 is 1.92 bits per heavy atom. The van der Waals surface area contributed by atoms with Crippen molar-refractivity contribution < 1.29 is 0 Å². The predicted octanol–water partition coefficient (Wildman–Crippen LogP) is 3.10. The average molecular weight is 210 g/mol. The number of hydrogen-bond acceptors (Lipinski definition) is 4. The van der Waals surface area contributed by atoms with Gasteiger partial charge in [0.25, 0.3) is 0 Å². The van der Waals surface area contributed by atoms with Crippen LogP contribution in [0.5, 0.6) is 0 Å². The molecule has 0 atom stereocenters. The van der Waals surface area contributed by atoms with Crippen LogP contribution in [0.2, 0.25) is 0 Å². The van der Waals surface area contributed by atoms with Crippen molar-refractivity contribution in [2.45, 2.75) is 24.7 Å². The number of hydrogen-bond donors (Lipinski definition) is 1. The highest BCUT2D eigenvalue weighted by atomic mass is 32.1. The van der Waals surface area contributed by atoms with Crippen LogP contribution in [0.3, 0.4) is 0 Å². The van der Waals surface area contributed by atoms with E-state index in [-0.39, 0.29) is 0 Å². The summed E-state index contributed by atoms with van der Waals surface area (Å²) in [4.78, 5) is 0.910. The fraction of sp³-hybridized carbons (Fsp3) is 0.333. The van der Waals surface area contributed by atoms with Gasteiger partial charge < -0.3 is 0 Å². The van der Waals surface area contributed by atoms with Gasteiger partial charge >= 0.3 is 0 Å². The highest BCUT2D eigenvalue weighted by Crippen LogP contribution is 2.27. The molecule has 0 bridgehead atoms. The zero-order chi connectivity index (χ0) is 9.42. The Labute approximate surface area is 86.7 Å². The molecular formula is C9H10N2S2. The van der Waals surface area contributed by atoms with E-state index in [1.165, 1.54) is 17.3 Å². The largest absolute Gasteiger partial charge is 0.173 e. The average Bonchev–Trinajstić information content (AvgIpc) is 2.53. The highest BCUT2D eigenvalue weighted by Gasteiger charge is 2.10. The minimum absolute atomic E-state index is 0.486. The SMILES string of the molecule is CC(C)c1ccc(S)c2nsnc12. The van der Waals surface area contributed by atoms with Crippen LogP contribution in [0, 0.1) is 0 Å². The summed E-state index contributed by atoms with van der Waals surface area (Å²) in [5, 5.41) is 0. The fourth-order valence-corrected chi connectivity index (χ4v) is 2.22. The summed E-state index contributed by atoms with van der Waals surface area (Å²) in [6.07, 6.45) is 0. The molecule has 0 aliphatic heterocycles. The Morgan fingerprint density at radius 1 is 1.23 bits per heavy atom. The van der Waals surface area contributed by atoms with Crippen LogP contribution in [0.1, 0.15) is 25.3 Å². The van der Waals surface area contributed by atoms with Gasteiger partial charge in [0.05, 0.1) is 11.7 Å². The predicted molar refractivity (Wildman–Crippen MR) is 58.8 cm³/mol. The summed E-state index contributed by atoms with van der Waals surface area (Å²) >= 11 is 5.59. The maximum atomic E-state index is 4.34. The van der Waals surface area contributed by atoms with E-state index in [1.54, 1.807) is 0 Å². The van der Waals surface area contributed by atoms with Crippen LogP contribution in [0.15, 0.2) is 17.0 Å². The topological polar surface area (TPSA) is 25.8 Å². The van der Waals surface area contributed by atoms with Crippen molar-refractivity contribution in [2.24, 2.45) is 0 Å². The number of nitrogens with zero attached hydrogens (tertiary/aromatic N) is 2. The van der Waals surface area contributed by atoms with Gasteiger partial charge in [0, 0.05) is 4.90 Å². The highest BCUT2D eigenvalue weighted by molar-refractivity contribution is 7.80. The summed E-state index contributed by atoms with van der Waals surface area (Å²) in [6, 6.07) is 4.07. The molecule has 0 unspecified atom stereocenters. The van der Waals surface area contributed by atoms with Crippen molar-refractivity contribution in [1.82, 2.24) is 8.75 Å². The Morgan fingerprint density at radius 3 is 2.62 bits per heavy atom. The standard InChI is InChI=1S/C9H10N2S2/c1-5(2)6-3-4-7(12)9-8(6)10-13-11-9/h3-5,12H,1-2H3. The molecule has 1 aromatic heterocycles. The summed E-state index contributed by atoms with van der Waals surface area (Å²) in [5.74, 6) is 0.486. The smallest absolute Gasteiger partial charge is 0.118 e. The molecule has 0 aliphatic rings. The molecule has 0 radical (unpaired) electrons. The van der Waals surface area contributed by atoms with Crippen LogP contribution in [-0.4, -0.2) is 8.75 Å². The maximum absolute atomic E-state index is 4.34. The molecule has 1 aromatic carbocycles. The van der Waals surface area contributed by atoms with Crippen molar-refractivity contribution >= 4 is 35.4 Å². The van der Waals surface area contributed by atoms with Gasteiger partial charge in [0.15, 0.2) is 0 Å². The van der Waals surface area contributed by atoms with Gasteiger partial charge in [-0.1, -0.05) is 19.9 Å². The van der Waals surface area contributed by atoms with E-state index in [9.17, 15) is 0 Å². The first kappa shape index (κ1) is 8.97. The van der Waals surface area contributed by atoms with Crippen molar-refractivity contribution in [3.8, 4) is 0 Å². The van der Waals surface area contributed by atoms with E-state index in [4.69, 9.17) is 0 Å². The monoisotopic (exact) mass is 210 g/mol. The van der Waals surface area contributed by atoms with Crippen molar-refractivity contribution in [3.63, 3.8) is 0 Å². The molecule has 1 heterocycles. The molecular weight excluding hydrogens is 200 g/mol. The molecule has 4 heteroatoms. The first-order valence-corrected chi connectivity index (χ1v) is 5.32. The van der Waals surface area contributed by atoms with Gasteiger partial charge in [-0.05, 0) is 17.5 Å². The number of thiol groups is 1. The summed E-state index contributed by atoms with van der Waals surface area (Å²) < 4.78 is 8.50. The number of rotatable bonds is 1. The lowest BCUT2D eigenvalue weighted by molar-refractivity contribution is 0.873. The van der Waals surface area contributed by atoms with Crippen molar-refractivity contribution in [1.29, 1.82) is 0 Å². The van der Waals surface area contributed by atoms with Crippen LogP contribution >= 0.6 is 24.4 Å². The molecule has 0 N–H and O–H groups in total. The zero-order valence-electron chi connectivity index (χ0n) is 7.48. The summed E-state index contributed by atoms with van der Waals surface area (Å²) in [5.41, 5.74) is 3.19. The first-order chi connectivity index (χ1) is 6.20. The quantitative estimate of drug-likeness (QED) is 0.732.